The van der Waals surface area contributed by atoms with Crippen molar-refractivity contribution >= 4 is 0 Å². The minimum absolute atomic E-state index is 0.342. The van der Waals surface area contributed by atoms with E-state index >= 15 is 0 Å². The smallest absolute Gasteiger partial charge is 0.150 e. The van der Waals surface area contributed by atoms with Crippen molar-refractivity contribution in [2.45, 2.75) is 6.42 Å². The van der Waals surface area contributed by atoms with Crippen molar-refractivity contribution in [2.24, 2.45) is 5.73 Å². The highest BCUT2D eigenvalue weighted by molar-refractivity contribution is 5.36. The van der Waals surface area contributed by atoms with Gasteiger partial charge in [0.15, 0.2) is 0 Å². The molecule has 2 N–H and O–H groups in total. The van der Waals surface area contributed by atoms with Crippen molar-refractivity contribution in [2.75, 3.05) is 6.54 Å². The summed E-state index contributed by atoms with van der Waals surface area (Å²) in [4.78, 5) is 0. The molecule has 0 saturated carbocycles. The maximum atomic E-state index is 13.5. The number of rotatable bonds is 3. The van der Waals surface area contributed by atoms with Crippen molar-refractivity contribution < 1.29 is 8.78 Å². The highest BCUT2D eigenvalue weighted by atomic mass is 19.1. The van der Waals surface area contributed by atoms with E-state index in [1.54, 1.807) is 10.8 Å². The first kappa shape index (κ1) is 10.8. The molecule has 0 bridgehead atoms. The van der Waals surface area contributed by atoms with Gasteiger partial charge in [-0.25, -0.2) is 8.78 Å². The summed E-state index contributed by atoms with van der Waals surface area (Å²) in [5.41, 5.74) is 6.71. The van der Waals surface area contributed by atoms with Crippen LogP contribution in [0.15, 0.2) is 36.5 Å². The zero-order valence-electron chi connectivity index (χ0n) is 8.66. The van der Waals surface area contributed by atoms with Crippen LogP contribution in [-0.2, 0) is 6.42 Å². The SMILES string of the molecule is NCCc1cccn1-c1ccc(F)cc1F. The van der Waals surface area contributed by atoms with Gasteiger partial charge in [0, 0.05) is 24.4 Å². The number of benzene rings is 1. The molecule has 0 amide bonds. The molecule has 0 aliphatic carbocycles. The van der Waals surface area contributed by atoms with Gasteiger partial charge in [-0.3, -0.25) is 0 Å². The van der Waals surface area contributed by atoms with E-state index in [-0.39, 0.29) is 0 Å². The summed E-state index contributed by atoms with van der Waals surface area (Å²) in [5.74, 6) is -1.15. The van der Waals surface area contributed by atoms with Crippen LogP contribution in [-0.4, -0.2) is 11.1 Å². The Balaban J connectivity index is 2.46. The number of hydrogen-bond acceptors (Lipinski definition) is 1. The molecule has 0 radical (unpaired) electrons. The topological polar surface area (TPSA) is 30.9 Å². The van der Waals surface area contributed by atoms with Gasteiger partial charge in [-0.15, -0.1) is 0 Å². The van der Waals surface area contributed by atoms with Gasteiger partial charge in [0.25, 0.3) is 0 Å². The normalized spacial score (nSPS) is 10.7. The lowest BCUT2D eigenvalue weighted by molar-refractivity contribution is 0.576. The minimum atomic E-state index is -0.575. The standard InChI is InChI=1S/C12H12F2N2/c13-9-3-4-12(11(14)8-9)16-7-1-2-10(16)5-6-15/h1-4,7-8H,5-6,15H2. The van der Waals surface area contributed by atoms with Crippen LogP contribution in [0.25, 0.3) is 5.69 Å². The van der Waals surface area contributed by atoms with Crippen molar-refractivity contribution in [3.05, 3.63) is 53.9 Å². The monoisotopic (exact) mass is 222 g/mol. The summed E-state index contributed by atoms with van der Waals surface area (Å²) in [6.45, 7) is 0.493. The molecule has 0 saturated heterocycles. The summed E-state index contributed by atoms with van der Waals surface area (Å²) in [5, 5.41) is 0. The largest absolute Gasteiger partial charge is 0.330 e. The van der Waals surface area contributed by atoms with Gasteiger partial charge in [-0.1, -0.05) is 0 Å². The van der Waals surface area contributed by atoms with Crippen molar-refractivity contribution in [3.63, 3.8) is 0 Å². The predicted octanol–water partition coefficient (Wildman–Crippen LogP) is 2.26. The molecule has 2 rings (SSSR count). The summed E-state index contributed by atoms with van der Waals surface area (Å²) >= 11 is 0. The maximum Gasteiger partial charge on any atom is 0.150 e. The molecule has 4 heteroatoms. The molecule has 0 fully saturated rings. The van der Waals surface area contributed by atoms with Gasteiger partial charge >= 0.3 is 0 Å². The second-order valence-corrected chi connectivity index (χ2v) is 3.50. The number of halogens is 2. The molecule has 16 heavy (non-hydrogen) atoms. The van der Waals surface area contributed by atoms with E-state index in [1.165, 1.54) is 12.1 Å². The predicted molar refractivity (Wildman–Crippen MR) is 58.4 cm³/mol. The van der Waals surface area contributed by atoms with E-state index in [0.717, 1.165) is 11.8 Å². The van der Waals surface area contributed by atoms with Gasteiger partial charge < -0.3 is 10.3 Å². The summed E-state index contributed by atoms with van der Waals surface area (Å²) in [6, 6.07) is 7.22. The van der Waals surface area contributed by atoms with Gasteiger partial charge in [0.05, 0.1) is 5.69 Å². The zero-order chi connectivity index (χ0) is 11.5. The van der Waals surface area contributed by atoms with Crippen LogP contribution in [0.1, 0.15) is 5.69 Å². The number of nitrogens with zero attached hydrogens (tertiary/aromatic N) is 1. The molecule has 2 nitrogen and oxygen atoms in total. The fraction of sp³-hybridized carbons (Fsp3) is 0.167. The molecule has 0 unspecified atom stereocenters. The third-order valence-corrected chi connectivity index (χ3v) is 2.40. The van der Waals surface area contributed by atoms with Crippen LogP contribution in [0.3, 0.4) is 0 Å². The van der Waals surface area contributed by atoms with Crippen LogP contribution in [0.5, 0.6) is 0 Å². The minimum Gasteiger partial charge on any atom is -0.330 e. The first-order valence-electron chi connectivity index (χ1n) is 5.04. The Hall–Kier alpha value is -1.68. The third kappa shape index (κ3) is 1.97. The van der Waals surface area contributed by atoms with E-state index in [1.807, 2.05) is 12.1 Å². The number of nitrogens with two attached hydrogens (primary N) is 1. The lowest BCUT2D eigenvalue weighted by Gasteiger charge is -2.09. The molecular weight excluding hydrogens is 210 g/mol. The zero-order valence-corrected chi connectivity index (χ0v) is 8.66. The second kappa shape index (κ2) is 4.45. The lowest BCUT2D eigenvalue weighted by Crippen LogP contribution is -2.08. The Morgan fingerprint density at radius 2 is 2.00 bits per heavy atom. The first-order valence-corrected chi connectivity index (χ1v) is 5.04. The van der Waals surface area contributed by atoms with Crippen molar-refractivity contribution in [1.29, 1.82) is 0 Å². The average Bonchev–Trinajstić information content (AvgIpc) is 2.67. The second-order valence-electron chi connectivity index (χ2n) is 3.50. The van der Waals surface area contributed by atoms with Crippen LogP contribution in [0.4, 0.5) is 8.78 Å². The summed E-state index contributed by atoms with van der Waals surface area (Å²) in [7, 11) is 0. The van der Waals surface area contributed by atoms with E-state index in [9.17, 15) is 8.78 Å². The first-order chi connectivity index (χ1) is 7.72. The molecule has 0 aliphatic heterocycles. The molecule has 0 aliphatic rings. The maximum absolute atomic E-state index is 13.5. The van der Waals surface area contributed by atoms with Crippen LogP contribution < -0.4 is 5.73 Å². The van der Waals surface area contributed by atoms with E-state index in [4.69, 9.17) is 5.73 Å². The molecule has 0 spiro atoms. The molecule has 84 valence electrons. The Morgan fingerprint density at radius 3 is 2.69 bits per heavy atom. The molecule has 1 aromatic carbocycles. The van der Waals surface area contributed by atoms with Gasteiger partial charge in [0.2, 0.25) is 0 Å². The Kier molecular flexibility index (Phi) is 3.01. The summed E-state index contributed by atoms with van der Waals surface area (Å²) in [6.07, 6.45) is 2.39. The van der Waals surface area contributed by atoms with Crippen molar-refractivity contribution in [3.8, 4) is 5.69 Å². The van der Waals surface area contributed by atoms with E-state index < -0.39 is 11.6 Å². The Morgan fingerprint density at radius 1 is 1.19 bits per heavy atom. The van der Waals surface area contributed by atoms with Gasteiger partial charge in [0.1, 0.15) is 11.6 Å². The number of aromatic nitrogens is 1. The van der Waals surface area contributed by atoms with E-state index in [2.05, 4.69) is 0 Å². The van der Waals surface area contributed by atoms with Gasteiger partial charge in [-0.2, -0.15) is 0 Å². The average molecular weight is 222 g/mol. The molecule has 2 aromatic rings. The molecular formula is C12H12F2N2. The highest BCUT2D eigenvalue weighted by Crippen LogP contribution is 2.17. The van der Waals surface area contributed by atoms with Crippen molar-refractivity contribution in [1.82, 2.24) is 4.57 Å². The van der Waals surface area contributed by atoms with Crippen LogP contribution in [0, 0.1) is 11.6 Å². The Bertz CT molecular complexity index is 492. The lowest BCUT2D eigenvalue weighted by atomic mass is 10.2. The molecule has 1 heterocycles. The molecule has 1 aromatic heterocycles. The number of hydrogen-bond donors (Lipinski definition) is 1. The van der Waals surface area contributed by atoms with E-state index in [0.29, 0.717) is 18.7 Å². The summed E-state index contributed by atoms with van der Waals surface area (Å²) < 4.78 is 28.0. The van der Waals surface area contributed by atoms with Crippen LogP contribution in [0.2, 0.25) is 0 Å². The highest BCUT2D eigenvalue weighted by Gasteiger charge is 2.08. The molecule has 0 atom stereocenters. The third-order valence-electron chi connectivity index (χ3n) is 2.40. The fourth-order valence-electron chi connectivity index (χ4n) is 1.68. The Labute approximate surface area is 92.3 Å². The van der Waals surface area contributed by atoms with Crippen LogP contribution >= 0.6 is 0 Å². The van der Waals surface area contributed by atoms with Gasteiger partial charge in [-0.05, 0) is 30.8 Å². The quantitative estimate of drug-likeness (QED) is 0.848. The fourth-order valence-corrected chi connectivity index (χ4v) is 1.68.